The van der Waals surface area contributed by atoms with Crippen LogP contribution in [0.2, 0.25) is 0 Å². The van der Waals surface area contributed by atoms with Crippen molar-refractivity contribution in [2.75, 3.05) is 31.1 Å². The Balaban J connectivity index is 2.74. The predicted octanol–water partition coefficient (Wildman–Crippen LogP) is 1.01. The molecule has 7 nitrogen and oxygen atoms in total. The van der Waals surface area contributed by atoms with E-state index in [1.165, 1.54) is 0 Å². The monoisotopic (exact) mass is 307 g/mol. The second-order valence-electron chi connectivity index (χ2n) is 5.17. The largest absolute Gasteiger partial charge is 0.477 e. The first-order chi connectivity index (χ1) is 10.5. The lowest BCUT2D eigenvalue weighted by Crippen LogP contribution is -2.44. The van der Waals surface area contributed by atoms with E-state index in [-0.39, 0.29) is 11.4 Å². The molecule has 1 aliphatic rings. The van der Waals surface area contributed by atoms with Crippen LogP contribution in [0, 0.1) is 0 Å². The van der Waals surface area contributed by atoms with E-state index < -0.39 is 11.9 Å². The number of hydrogen-bond donors (Lipinski definition) is 3. The molecule has 0 aromatic carbocycles. The highest BCUT2D eigenvalue weighted by Gasteiger charge is 2.28. The fourth-order valence-corrected chi connectivity index (χ4v) is 2.95. The van der Waals surface area contributed by atoms with Crippen molar-refractivity contribution < 1.29 is 19.8 Å². The number of aromatic nitrogens is 1. The summed E-state index contributed by atoms with van der Waals surface area (Å²) in [6.07, 6.45) is 1.00. The number of aromatic carboxylic acids is 2. The van der Waals surface area contributed by atoms with Gasteiger partial charge in [0, 0.05) is 43.0 Å². The highest BCUT2D eigenvalue weighted by Crippen LogP contribution is 2.31. The smallest absolute Gasteiger partial charge is 0.354 e. The molecule has 0 radical (unpaired) electrons. The molecule has 0 atom stereocenters. The van der Waals surface area contributed by atoms with Crippen molar-refractivity contribution in [3.05, 3.63) is 22.5 Å². The molecule has 1 aromatic heterocycles. The average Bonchev–Trinajstić information content (AvgIpc) is 2.53. The Bertz CT molecular complexity index is 555. The summed E-state index contributed by atoms with van der Waals surface area (Å²) in [5.74, 6) is -2.36. The van der Waals surface area contributed by atoms with E-state index in [0.717, 1.165) is 31.9 Å². The van der Waals surface area contributed by atoms with Crippen molar-refractivity contribution in [2.45, 2.75) is 26.7 Å². The molecule has 1 saturated heterocycles. The van der Waals surface area contributed by atoms with Crippen LogP contribution in [0.3, 0.4) is 0 Å². The van der Waals surface area contributed by atoms with Gasteiger partial charge in [-0.25, -0.2) is 14.6 Å². The van der Waals surface area contributed by atoms with Crippen molar-refractivity contribution in [2.24, 2.45) is 0 Å². The normalized spacial score (nSPS) is 14.9. The zero-order valence-electron chi connectivity index (χ0n) is 12.8. The van der Waals surface area contributed by atoms with E-state index in [1.54, 1.807) is 0 Å². The molecule has 0 unspecified atom stereocenters. The van der Waals surface area contributed by atoms with Gasteiger partial charge in [0.05, 0.1) is 0 Å². The number of hydrogen-bond acceptors (Lipinski definition) is 5. The quantitative estimate of drug-likeness (QED) is 0.746. The Hall–Kier alpha value is -2.15. The van der Waals surface area contributed by atoms with Gasteiger partial charge in [-0.3, -0.25) is 0 Å². The SMILES string of the molecule is CCc1c(C(=O)O)nc(C(=O)O)c(CC)c1N1CCNCC1. The third kappa shape index (κ3) is 2.89. The highest BCUT2D eigenvalue weighted by molar-refractivity contribution is 5.95. The minimum absolute atomic E-state index is 0.148. The van der Waals surface area contributed by atoms with E-state index in [0.29, 0.717) is 24.0 Å². The molecule has 1 fully saturated rings. The standard InChI is InChI=1S/C15H21N3O4/c1-3-9-11(14(19)20)17-12(15(21)22)10(4-2)13(9)18-7-5-16-6-8-18/h16H,3-8H2,1-2H3,(H,19,20)(H,21,22). The molecular weight excluding hydrogens is 286 g/mol. The summed E-state index contributed by atoms with van der Waals surface area (Å²) in [7, 11) is 0. The Morgan fingerprint density at radius 2 is 1.50 bits per heavy atom. The molecular formula is C15H21N3O4. The van der Waals surface area contributed by atoms with E-state index in [9.17, 15) is 19.8 Å². The predicted molar refractivity (Wildman–Crippen MR) is 82.0 cm³/mol. The van der Waals surface area contributed by atoms with Crippen LogP contribution in [0.1, 0.15) is 46.0 Å². The maximum Gasteiger partial charge on any atom is 0.354 e. The fraction of sp³-hybridized carbons (Fsp3) is 0.533. The topological polar surface area (TPSA) is 103 Å². The van der Waals surface area contributed by atoms with E-state index in [2.05, 4.69) is 15.2 Å². The van der Waals surface area contributed by atoms with Gasteiger partial charge in [0.1, 0.15) is 0 Å². The van der Waals surface area contributed by atoms with Gasteiger partial charge in [0.25, 0.3) is 0 Å². The first-order valence-corrected chi connectivity index (χ1v) is 7.49. The number of carboxylic acids is 2. The Kier molecular flexibility index (Phi) is 4.97. The van der Waals surface area contributed by atoms with Crippen LogP contribution in [0.4, 0.5) is 5.69 Å². The van der Waals surface area contributed by atoms with Gasteiger partial charge in [0.2, 0.25) is 0 Å². The van der Waals surface area contributed by atoms with Crippen LogP contribution in [0.5, 0.6) is 0 Å². The van der Waals surface area contributed by atoms with Crippen molar-refractivity contribution in [1.29, 1.82) is 0 Å². The van der Waals surface area contributed by atoms with Gasteiger partial charge < -0.3 is 20.4 Å². The lowest BCUT2D eigenvalue weighted by Gasteiger charge is -2.33. The summed E-state index contributed by atoms with van der Waals surface area (Å²) in [5, 5.41) is 22.1. The van der Waals surface area contributed by atoms with Crippen LogP contribution in [0.25, 0.3) is 0 Å². The van der Waals surface area contributed by atoms with Crippen molar-refractivity contribution in [3.63, 3.8) is 0 Å². The molecule has 0 aliphatic carbocycles. The highest BCUT2D eigenvalue weighted by atomic mass is 16.4. The minimum Gasteiger partial charge on any atom is -0.477 e. The number of nitrogens with one attached hydrogen (secondary N) is 1. The average molecular weight is 307 g/mol. The maximum atomic E-state index is 11.5. The van der Waals surface area contributed by atoms with Crippen LogP contribution < -0.4 is 10.2 Å². The van der Waals surface area contributed by atoms with Gasteiger partial charge in [-0.05, 0) is 12.8 Å². The summed E-state index contributed by atoms with van der Waals surface area (Å²) < 4.78 is 0. The maximum absolute atomic E-state index is 11.5. The van der Waals surface area contributed by atoms with Crippen molar-refractivity contribution in [3.8, 4) is 0 Å². The number of rotatable bonds is 5. The molecule has 0 amide bonds. The number of pyridine rings is 1. The molecule has 0 bridgehead atoms. The second kappa shape index (κ2) is 6.74. The molecule has 1 aromatic rings. The van der Waals surface area contributed by atoms with Crippen LogP contribution in [-0.2, 0) is 12.8 Å². The van der Waals surface area contributed by atoms with E-state index >= 15 is 0 Å². The number of anilines is 1. The van der Waals surface area contributed by atoms with Crippen LogP contribution >= 0.6 is 0 Å². The Morgan fingerprint density at radius 3 is 1.86 bits per heavy atom. The molecule has 3 N–H and O–H groups in total. The second-order valence-corrected chi connectivity index (χ2v) is 5.17. The lowest BCUT2D eigenvalue weighted by molar-refractivity contribution is 0.0683. The Morgan fingerprint density at radius 1 is 1.05 bits per heavy atom. The third-order valence-electron chi connectivity index (χ3n) is 3.91. The Labute approximate surface area is 129 Å². The summed E-state index contributed by atoms with van der Waals surface area (Å²) in [6, 6.07) is 0. The lowest BCUT2D eigenvalue weighted by atomic mass is 9.98. The number of carboxylic acid groups (broad SMARTS) is 2. The summed E-state index contributed by atoms with van der Waals surface area (Å²) >= 11 is 0. The van der Waals surface area contributed by atoms with E-state index in [1.807, 2.05) is 13.8 Å². The first kappa shape index (κ1) is 16.2. The minimum atomic E-state index is -1.18. The summed E-state index contributed by atoms with van der Waals surface area (Å²) in [6.45, 7) is 6.77. The molecule has 120 valence electrons. The summed E-state index contributed by atoms with van der Waals surface area (Å²) in [4.78, 5) is 29.0. The van der Waals surface area contributed by atoms with Gasteiger partial charge in [0.15, 0.2) is 11.4 Å². The van der Waals surface area contributed by atoms with Gasteiger partial charge >= 0.3 is 11.9 Å². The van der Waals surface area contributed by atoms with Gasteiger partial charge in [-0.2, -0.15) is 0 Å². The van der Waals surface area contributed by atoms with Crippen LogP contribution in [-0.4, -0.2) is 53.3 Å². The number of piperazine rings is 1. The molecule has 7 heteroatoms. The molecule has 0 saturated carbocycles. The number of nitrogens with zero attached hydrogens (tertiary/aromatic N) is 2. The van der Waals surface area contributed by atoms with Crippen molar-refractivity contribution >= 4 is 17.6 Å². The third-order valence-corrected chi connectivity index (χ3v) is 3.91. The molecule has 2 rings (SSSR count). The number of carbonyl (C=O) groups is 2. The molecule has 22 heavy (non-hydrogen) atoms. The van der Waals surface area contributed by atoms with Crippen molar-refractivity contribution in [1.82, 2.24) is 10.3 Å². The van der Waals surface area contributed by atoms with Crippen LogP contribution in [0.15, 0.2) is 0 Å². The van der Waals surface area contributed by atoms with Gasteiger partial charge in [-0.15, -0.1) is 0 Å². The first-order valence-electron chi connectivity index (χ1n) is 7.49. The zero-order valence-corrected chi connectivity index (χ0v) is 12.8. The molecule has 1 aliphatic heterocycles. The fourth-order valence-electron chi connectivity index (χ4n) is 2.95. The zero-order chi connectivity index (χ0) is 16.3. The van der Waals surface area contributed by atoms with E-state index in [4.69, 9.17) is 0 Å². The molecule has 2 heterocycles. The van der Waals surface area contributed by atoms with Gasteiger partial charge in [-0.1, -0.05) is 13.8 Å². The summed E-state index contributed by atoms with van der Waals surface area (Å²) in [5.41, 5.74) is 1.69. The molecule has 0 spiro atoms.